The first-order valence-corrected chi connectivity index (χ1v) is 6.97. The van der Waals surface area contributed by atoms with E-state index in [0.29, 0.717) is 6.04 Å². The number of nitrogens with zero attached hydrogens (tertiary/aromatic N) is 2. The molecule has 1 saturated carbocycles. The summed E-state index contributed by atoms with van der Waals surface area (Å²) in [7, 11) is 1.97. The van der Waals surface area contributed by atoms with Gasteiger partial charge in [0.15, 0.2) is 0 Å². The Morgan fingerprint density at radius 2 is 2.06 bits per heavy atom. The molecule has 1 aliphatic rings. The van der Waals surface area contributed by atoms with E-state index < -0.39 is 0 Å². The zero-order valence-corrected chi connectivity index (χ0v) is 11.2. The van der Waals surface area contributed by atoms with Gasteiger partial charge in [-0.15, -0.1) is 0 Å². The lowest BCUT2D eigenvalue weighted by molar-refractivity contribution is 0.335. The van der Waals surface area contributed by atoms with Crippen LogP contribution in [0.2, 0.25) is 0 Å². The van der Waals surface area contributed by atoms with Crippen molar-refractivity contribution in [2.45, 2.75) is 58.0 Å². The Morgan fingerprint density at radius 1 is 1.35 bits per heavy atom. The maximum Gasteiger partial charge on any atom is 0.0762 e. The van der Waals surface area contributed by atoms with Crippen molar-refractivity contribution in [3.63, 3.8) is 0 Å². The quantitative estimate of drug-likeness (QED) is 0.813. The largest absolute Gasteiger partial charge is 0.308 e. The predicted octanol–water partition coefficient (Wildman–Crippen LogP) is 2.87. The van der Waals surface area contributed by atoms with Gasteiger partial charge in [-0.2, -0.15) is 5.10 Å². The summed E-state index contributed by atoms with van der Waals surface area (Å²) in [5.74, 6) is 0.862. The molecule has 0 aliphatic heterocycles. The number of rotatable bonds is 4. The average molecular weight is 235 g/mol. The Balaban J connectivity index is 1.77. The first-order chi connectivity index (χ1) is 8.25. The lowest BCUT2D eigenvalue weighted by Gasteiger charge is -2.23. The van der Waals surface area contributed by atoms with Gasteiger partial charge in [-0.25, -0.2) is 0 Å². The summed E-state index contributed by atoms with van der Waals surface area (Å²) < 4.78 is 1.87. The van der Waals surface area contributed by atoms with Crippen molar-refractivity contribution < 1.29 is 0 Å². The van der Waals surface area contributed by atoms with Gasteiger partial charge in [0.1, 0.15) is 0 Å². The molecule has 1 atom stereocenters. The minimum Gasteiger partial charge on any atom is -0.308 e. The molecular formula is C14H25N3. The van der Waals surface area contributed by atoms with Crippen molar-refractivity contribution >= 4 is 0 Å². The fourth-order valence-electron chi connectivity index (χ4n) is 2.80. The smallest absolute Gasteiger partial charge is 0.0762 e. The summed E-state index contributed by atoms with van der Waals surface area (Å²) in [6, 6.07) is 2.71. The summed E-state index contributed by atoms with van der Waals surface area (Å²) in [5.41, 5.74) is 1.15. The fourth-order valence-corrected chi connectivity index (χ4v) is 2.80. The van der Waals surface area contributed by atoms with Crippen LogP contribution in [0.4, 0.5) is 0 Å². The van der Waals surface area contributed by atoms with E-state index in [2.05, 4.69) is 23.4 Å². The minimum absolute atomic E-state index is 0.620. The summed E-state index contributed by atoms with van der Waals surface area (Å²) in [6.07, 6.45) is 10.5. The van der Waals surface area contributed by atoms with Crippen LogP contribution in [0.1, 0.15) is 51.1 Å². The van der Waals surface area contributed by atoms with Crippen LogP contribution in [0.25, 0.3) is 0 Å². The van der Waals surface area contributed by atoms with Crippen LogP contribution in [-0.4, -0.2) is 15.8 Å². The van der Waals surface area contributed by atoms with Crippen molar-refractivity contribution in [1.29, 1.82) is 0 Å². The minimum atomic E-state index is 0.620. The Labute approximate surface area is 105 Å². The highest BCUT2D eigenvalue weighted by molar-refractivity contribution is 4.98. The molecular weight excluding hydrogens is 210 g/mol. The normalized spacial score (nSPS) is 20.1. The van der Waals surface area contributed by atoms with E-state index in [1.54, 1.807) is 0 Å². The third-order valence-electron chi connectivity index (χ3n) is 3.98. The molecule has 1 aliphatic carbocycles. The van der Waals surface area contributed by atoms with Crippen LogP contribution in [0.15, 0.2) is 12.3 Å². The van der Waals surface area contributed by atoms with E-state index in [9.17, 15) is 0 Å². The highest BCUT2D eigenvalue weighted by atomic mass is 15.3. The molecule has 0 amide bonds. The molecule has 3 heteroatoms. The van der Waals surface area contributed by atoms with E-state index in [0.717, 1.165) is 18.2 Å². The molecule has 3 nitrogen and oxygen atoms in total. The van der Waals surface area contributed by atoms with Crippen LogP contribution in [0.3, 0.4) is 0 Å². The lowest BCUT2D eigenvalue weighted by atomic mass is 9.93. The maximum absolute atomic E-state index is 4.40. The van der Waals surface area contributed by atoms with E-state index in [4.69, 9.17) is 0 Å². The molecule has 17 heavy (non-hydrogen) atoms. The van der Waals surface area contributed by atoms with Gasteiger partial charge in [-0.1, -0.05) is 25.7 Å². The Hall–Kier alpha value is -0.830. The number of aryl methyl sites for hydroxylation is 1. The Bertz CT molecular complexity index is 324. The fraction of sp³-hybridized carbons (Fsp3) is 0.786. The molecule has 0 aromatic carbocycles. The molecule has 1 aromatic rings. The van der Waals surface area contributed by atoms with E-state index >= 15 is 0 Å². The third-order valence-corrected chi connectivity index (χ3v) is 3.98. The lowest BCUT2D eigenvalue weighted by Crippen LogP contribution is -2.33. The van der Waals surface area contributed by atoms with Crippen LogP contribution >= 0.6 is 0 Å². The summed E-state index contributed by atoms with van der Waals surface area (Å²) in [4.78, 5) is 0. The Morgan fingerprint density at radius 3 is 2.65 bits per heavy atom. The van der Waals surface area contributed by atoms with Crippen LogP contribution < -0.4 is 5.32 Å². The summed E-state index contributed by atoms with van der Waals surface area (Å²) in [6.45, 7) is 3.23. The highest BCUT2D eigenvalue weighted by Gasteiger charge is 2.18. The topological polar surface area (TPSA) is 29.9 Å². The summed E-state index contributed by atoms with van der Waals surface area (Å²) >= 11 is 0. The maximum atomic E-state index is 4.40. The third kappa shape index (κ3) is 3.84. The number of aromatic nitrogens is 2. The van der Waals surface area contributed by atoms with Gasteiger partial charge in [0.05, 0.1) is 5.69 Å². The standard InChI is InChI=1S/C14H25N3/c1-12(13-7-5-3-4-6-8-13)15-11-14-9-10-17(2)16-14/h9-10,12-13,15H,3-8,11H2,1-2H3/t12-/m0/s1. The SMILES string of the molecule is C[C@H](NCc1ccn(C)n1)C1CCCCCC1. The van der Waals surface area contributed by atoms with Crippen LogP contribution in [0.5, 0.6) is 0 Å². The van der Waals surface area contributed by atoms with Gasteiger partial charge in [0.2, 0.25) is 0 Å². The molecule has 0 spiro atoms. The van der Waals surface area contributed by atoms with Gasteiger partial charge in [0.25, 0.3) is 0 Å². The van der Waals surface area contributed by atoms with Gasteiger partial charge < -0.3 is 5.32 Å². The van der Waals surface area contributed by atoms with Crippen LogP contribution in [0, 0.1) is 5.92 Å². The highest BCUT2D eigenvalue weighted by Crippen LogP contribution is 2.25. The molecule has 1 heterocycles. The van der Waals surface area contributed by atoms with Crippen LogP contribution in [-0.2, 0) is 13.6 Å². The van der Waals surface area contributed by atoms with Crippen molar-refractivity contribution in [3.8, 4) is 0 Å². The number of nitrogens with one attached hydrogen (secondary N) is 1. The predicted molar refractivity (Wildman–Crippen MR) is 70.7 cm³/mol. The molecule has 1 aromatic heterocycles. The number of hydrogen-bond donors (Lipinski definition) is 1. The second kappa shape index (κ2) is 6.20. The molecule has 2 rings (SSSR count). The zero-order valence-electron chi connectivity index (χ0n) is 11.2. The van der Waals surface area contributed by atoms with E-state index in [1.165, 1.54) is 38.5 Å². The molecule has 1 N–H and O–H groups in total. The molecule has 0 unspecified atom stereocenters. The van der Waals surface area contributed by atoms with Gasteiger partial charge in [-0.05, 0) is 31.7 Å². The summed E-state index contributed by atoms with van der Waals surface area (Å²) in [5, 5.41) is 8.03. The molecule has 0 saturated heterocycles. The van der Waals surface area contributed by atoms with Crippen molar-refractivity contribution in [1.82, 2.24) is 15.1 Å². The Kier molecular flexibility index (Phi) is 4.60. The first kappa shape index (κ1) is 12.6. The van der Waals surface area contributed by atoms with Crippen molar-refractivity contribution in [2.75, 3.05) is 0 Å². The first-order valence-electron chi connectivity index (χ1n) is 6.97. The monoisotopic (exact) mass is 235 g/mol. The second-order valence-corrected chi connectivity index (χ2v) is 5.40. The average Bonchev–Trinajstić information content (AvgIpc) is 2.58. The second-order valence-electron chi connectivity index (χ2n) is 5.40. The molecule has 0 radical (unpaired) electrons. The molecule has 1 fully saturated rings. The van der Waals surface area contributed by atoms with E-state index in [-0.39, 0.29) is 0 Å². The zero-order chi connectivity index (χ0) is 12.1. The van der Waals surface area contributed by atoms with Gasteiger partial charge >= 0.3 is 0 Å². The van der Waals surface area contributed by atoms with E-state index in [1.807, 2.05) is 17.9 Å². The number of hydrogen-bond acceptors (Lipinski definition) is 2. The molecule has 0 bridgehead atoms. The van der Waals surface area contributed by atoms with Crippen molar-refractivity contribution in [3.05, 3.63) is 18.0 Å². The molecule has 96 valence electrons. The van der Waals surface area contributed by atoms with Crippen molar-refractivity contribution in [2.24, 2.45) is 13.0 Å². The van der Waals surface area contributed by atoms with Gasteiger partial charge in [-0.3, -0.25) is 4.68 Å². The van der Waals surface area contributed by atoms with Gasteiger partial charge in [0, 0.05) is 25.8 Å².